The molecule has 3 nitrogen and oxygen atoms in total. The fourth-order valence-electron chi connectivity index (χ4n) is 1.31. The average molecular weight is 237 g/mol. The smallest absolute Gasteiger partial charge is 0.184 e. The number of hydrogen-bond donors (Lipinski definition) is 1. The van der Waals surface area contributed by atoms with Crippen molar-refractivity contribution in [1.82, 2.24) is 0 Å². The third-order valence-corrected chi connectivity index (χ3v) is 2.14. The lowest BCUT2D eigenvalue weighted by atomic mass is 10.2. The van der Waals surface area contributed by atoms with Crippen LogP contribution in [0.1, 0.15) is 27.7 Å². The summed E-state index contributed by atoms with van der Waals surface area (Å²) in [7, 11) is 0. The van der Waals surface area contributed by atoms with Crippen LogP contribution in [-0.4, -0.2) is 13.2 Å². The molecule has 0 aliphatic heterocycles. The summed E-state index contributed by atoms with van der Waals surface area (Å²) in [6.07, 6.45) is 0. The number of para-hydroxylation sites is 1. The van der Waals surface area contributed by atoms with E-state index in [2.05, 4.69) is 27.7 Å². The lowest BCUT2D eigenvalue weighted by Gasteiger charge is -2.16. The van der Waals surface area contributed by atoms with E-state index < -0.39 is 0 Å². The first kappa shape index (κ1) is 13.7. The van der Waals surface area contributed by atoms with Crippen molar-refractivity contribution in [2.45, 2.75) is 27.7 Å². The van der Waals surface area contributed by atoms with Crippen LogP contribution in [0.2, 0.25) is 0 Å². The Morgan fingerprint density at radius 1 is 1.00 bits per heavy atom. The highest BCUT2D eigenvalue weighted by molar-refractivity contribution is 5.60. The summed E-state index contributed by atoms with van der Waals surface area (Å²) in [6.45, 7) is 9.75. The van der Waals surface area contributed by atoms with Crippen molar-refractivity contribution in [3.05, 3.63) is 18.2 Å². The first-order valence-electron chi connectivity index (χ1n) is 6.14. The highest BCUT2D eigenvalue weighted by atomic mass is 16.5. The number of nitrogen functional groups attached to an aromatic ring is 1. The molecule has 0 unspecified atom stereocenters. The van der Waals surface area contributed by atoms with Gasteiger partial charge in [-0.3, -0.25) is 0 Å². The molecule has 0 saturated carbocycles. The van der Waals surface area contributed by atoms with Crippen LogP contribution < -0.4 is 15.2 Å². The first-order valence-corrected chi connectivity index (χ1v) is 6.14. The van der Waals surface area contributed by atoms with Gasteiger partial charge in [-0.15, -0.1) is 0 Å². The maximum absolute atomic E-state index is 5.91. The van der Waals surface area contributed by atoms with Crippen molar-refractivity contribution in [2.75, 3.05) is 18.9 Å². The van der Waals surface area contributed by atoms with Gasteiger partial charge in [-0.05, 0) is 24.0 Å². The fraction of sp³-hybridized carbons (Fsp3) is 0.571. The summed E-state index contributed by atoms with van der Waals surface area (Å²) in [5.41, 5.74) is 6.54. The molecule has 0 radical (unpaired) electrons. The van der Waals surface area contributed by atoms with Gasteiger partial charge in [0.25, 0.3) is 0 Å². The summed E-state index contributed by atoms with van der Waals surface area (Å²) < 4.78 is 11.4. The molecule has 0 aromatic heterocycles. The Hall–Kier alpha value is -1.38. The number of hydrogen-bond acceptors (Lipinski definition) is 3. The van der Waals surface area contributed by atoms with Crippen LogP contribution in [-0.2, 0) is 0 Å². The van der Waals surface area contributed by atoms with Gasteiger partial charge in [0.1, 0.15) is 0 Å². The molecule has 3 heteroatoms. The van der Waals surface area contributed by atoms with Crippen LogP contribution in [0.25, 0.3) is 0 Å². The van der Waals surface area contributed by atoms with E-state index in [0.29, 0.717) is 36.5 Å². The largest absolute Gasteiger partial charge is 0.489 e. The second-order valence-corrected chi connectivity index (χ2v) is 5.08. The molecule has 0 aliphatic rings. The zero-order valence-electron chi connectivity index (χ0n) is 11.2. The number of anilines is 1. The minimum atomic E-state index is 0.465. The van der Waals surface area contributed by atoms with E-state index in [1.54, 1.807) is 0 Å². The van der Waals surface area contributed by atoms with E-state index in [4.69, 9.17) is 15.2 Å². The van der Waals surface area contributed by atoms with Crippen LogP contribution in [0.5, 0.6) is 11.5 Å². The number of benzene rings is 1. The van der Waals surface area contributed by atoms with E-state index in [9.17, 15) is 0 Å². The molecule has 0 spiro atoms. The van der Waals surface area contributed by atoms with Gasteiger partial charge >= 0.3 is 0 Å². The van der Waals surface area contributed by atoms with E-state index in [1.165, 1.54) is 0 Å². The lowest BCUT2D eigenvalue weighted by molar-refractivity contribution is 0.230. The lowest BCUT2D eigenvalue weighted by Crippen LogP contribution is -2.10. The Morgan fingerprint density at radius 2 is 1.59 bits per heavy atom. The van der Waals surface area contributed by atoms with Gasteiger partial charge < -0.3 is 15.2 Å². The van der Waals surface area contributed by atoms with E-state index in [0.717, 1.165) is 5.75 Å². The van der Waals surface area contributed by atoms with Gasteiger partial charge in [-0.25, -0.2) is 0 Å². The Labute approximate surface area is 104 Å². The van der Waals surface area contributed by atoms with E-state index >= 15 is 0 Å². The van der Waals surface area contributed by atoms with Crippen LogP contribution >= 0.6 is 0 Å². The highest BCUT2D eigenvalue weighted by Crippen LogP contribution is 2.33. The molecule has 96 valence electrons. The van der Waals surface area contributed by atoms with Crippen molar-refractivity contribution in [2.24, 2.45) is 11.8 Å². The molecule has 2 N–H and O–H groups in total. The molecule has 1 aromatic rings. The Bertz CT molecular complexity index is 348. The maximum atomic E-state index is 5.91. The summed E-state index contributed by atoms with van der Waals surface area (Å²) >= 11 is 0. The Kier molecular flexibility index (Phi) is 5.13. The molecular weight excluding hydrogens is 214 g/mol. The minimum Gasteiger partial charge on any atom is -0.489 e. The Morgan fingerprint density at radius 3 is 2.18 bits per heavy atom. The minimum absolute atomic E-state index is 0.465. The van der Waals surface area contributed by atoms with Gasteiger partial charge in [0, 0.05) is 0 Å². The van der Waals surface area contributed by atoms with E-state index in [1.807, 2.05) is 18.2 Å². The van der Waals surface area contributed by atoms with Crippen LogP contribution in [0.4, 0.5) is 5.69 Å². The maximum Gasteiger partial charge on any atom is 0.184 e. The molecule has 0 fully saturated rings. The van der Waals surface area contributed by atoms with Gasteiger partial charge in [0.15, 0.2) is 11.5 Å². The van der Waals surface area contributed by atoms with Gasteiger partial charge in [-0.1, -0.05) is 33.8 Å². The third-order valence-electron chi connectivity index (χ3n) is 2.14. The molecule has 1 rings (SSSR count). The zero-order valence-corrected chi connectivity index (χ0v) is 11.2. The van der Waals surface area contributed by atoms with E-state index in [-0.39, 0.29) is 0 Å². The number of rotatable bonds is 6. The zero-order chi connectivity index (χ0) is 12.8. The molecule has 1 aromatic carbocycles. The third kappa shape index (κ3) is 4.55. The van der Waals surface area contributed by atoms with Crippen molar-refractivity contribution in [3.63, 3.8) is 0 Å². The van der Waals surface area contributed by atoms with Crippen LogP contribution in [0.15, 0.2) is 18.2 Å². The predicted molar refractivity (Wildman–Crippen MR) is 71.5 cm³/mol. The van der Waals surface area contributed by atoms with Crippen LogP contribution in [0.3, 0.4) is 0 Å². The molecule has 0 heterocycles. The van der Waals surface area contributed by atoms with Crippen LogP contribution in [0, 0.1) is 11.8 Å². The topological polar surface area (TPSA) is 44.5 Å². The first-order chi connectivity index (χ1) is 8.00. The monoisotopic (exact) mass is 237 g/mol. The van der Waals surface area contributed by atoms with Crippen molar-refractivity contribution >= 4 is 5.69 Å². The average Bonchev–Trinajstić information content (AvgIpc) is 2.24. The summed E-state index contributed by atoms with van der Waals surface area (Å²) in [6, 6.07) is 5.61. The fourth-order valence-corrected chi connectivity index (χ4v) is 1.31. The van der Waals surface area contributed by atoms with Crippen molar-refractivity contribution in [3.8, 4) is 11.5 Å². The van der Waals surface area contributed by atoms with Gasteiger partial charge in [0.05, 0.1) is 18.9 Å². The number of nitrogens with two attached hydrogens (primary N) is 1. The molecule has 0 atom stereocenters. The predicted octanol–water partition coefficient (Wildman–Crippen LogP) is 3.34. The summed E-state index contributed by atoms with van der Waals surface area (Å²) in [4.78, 5) is 0. The quantitative estimate of drug-likeness (QED) is 0.772. The molecule has 0 bridgehead atoms. The Balaban J connectivity index is 2.76. The van der Waals surface area contributed by atoms with Gasteiger partial charge in [0.2, 0.25) is 0 Å². The summed E-state index contributed by atoms with van der Waals surface area (Å²) in [5.74, 6) is 2.35. The second-order valence-electron chi connectivity index (χ2n) is 5.08. The summed E-state index contributed by atoms with van der Waals surface area (Å²) in [5, 5.41) is 0. The normalized spacial score (nSPS) is 10.9. The van der Waals surface area contributed by atoms with Gasteiger partial charge in [-0.2, -0.15) is 0 Å². The van der Waals surface area contributed by atoms with Crippen molar-refractivity contribution < 1.29 is 9.47 Å². The molecule has 17 heavy (non-hydrogen) atoms. The van der Waals surface area contributed by atoms with Crippen molar-refractivity contribution in [1.29, 1.82) is 0 Å². The number of ether oxygens (including phenoxy) is 2. The highest BCUT2D eigenvalue weighted by Gasteiger charge is 2.10. The molecular formula is C14H23NO2. The molecule has 0 saturated heterocycles. The second kappa shape index (κ2) is 6.38. The SMILES string of the molecule is CC(C)COc1cccc(N)c1OCC(C)C. The molecule has 0 amide bonds. The standard InChI is InChI=1S/C14H23NO2/c1-10(2)8-16-13-7-5-6-12(15)14(13)17-9-11(3)4/h5-7,10-11H,8-9,15H2,1-4H3. The molecule has 0 aliphatic carbocycles.